The predicted octanol–water partition coefficient (Wildman–Crippen LogP) is -7.64. The Labute approximate surface area is 752 Å². The van der Waals surface area contributed by atoms with Crippen molar-refractivity contribution in [3.63, 3.8) is 0 Å². The number of thiazole rings is 1. The van der Waals surface area contributed by atoms with Crippen LogP contribution in [0.25, 0.3) is 28.3 Å². The Morgan fingerprint density at radius 1 is 0.453 bits per heavy atom. The molecule has 0 atom stereocenters. The van der Waals surface area contributed by atoms with Gasteiger partial charge in [0.1, 0.15) is 15.8 Å². The third-order valence-electron chi connectivity index (χ3n) is 11.8. The van der Waals surface area contributed by atoms with Gasteiger partial charge in [-0.15, -0.1) is 11.3 Å². The summed E-state index contributed by atoms with van der Waals surface area (Å²) in [6, 6.07) is 42.6. The Morgan fingerprint density at radius 2 is 0.858 bits per heavy atom. The Bertz CT molecular complexity index is 5180. The second-order valence-electron chi connectivity index (χ2n) is 19.2. The number of carbonyl (C=O) groups excluding carboxylic acids is 1. The molecule has 1 amide bonds. The van der Waals surface area contributed by atoms with Crippen LogP contribution in [0.3, 0.4) is 0 Å². The van der Waals surface area contributed by atoms with Crippen LogP contribution < -0.4 is 215 Å². The van der Waals surface area contributed by atoms with E-state index in [9.17, 15) is 55.3 Å². The van der Waals surface area contributed by atoms with Gasteiger partial charge in [0.25, 0.3) is 0 Å². The molecule has 0 spiro atoms. The molecule has 0 bridgehead atoms. The van der Waals surface area contributed by atoms with Crippen LogP contribution in [0.5, 0.6) is 11.9 Å². The number of amides is 1. The van der Waals surface area contributed by atoms with Gasteiger partial charge in [-0.2, -0.15) is 16.3 Å². The first-order chi connectivity index (χ1) is 47.1. The smallest absolute Gasteiger partial charge is 0.537 e. The molecule has 526 valence electrons. The summed E-state index contributed by atoms with van der Waals surface area (Å²) in [5, 5.41) is 13.5. The molecular weight excluding hydrogens is 1600 g/mol. The van der Waals surface area contributed by atoms with E-state index in [1.807, 2.05) is 0 Å². The van der Waals surface area contributed by atoms with Crippen LogP contribution in [0.2, 0.25) is 0 Å². The number of rotatable bonds is 17. The van der Waals surface area contributed by atoms with Crippen molar-refractivity contribution < 1.29 is 247 Å². The number of fused-ring (bicyclic) bond motifs is 1. The molecule has 0 radical (unpaired) electrons. The minimum absolute atomic E-state index is 0. The number of nitrogen functional groups attached to an aromatic ring is 5. The molecular formula is C58H54N18Na6O16S8. The molecule has 6 aromatic carbocycles. The monoisotopic (exact) mass is 1650 g/mol. The van der Waals surface area contributed by atoms with Gasteiger partial charge in [0.05, 0.1) is 54.5 Å². The van der Waals surface area contributed by atoms with Crippen LogP contribution in [0.1, 0.15) is 21.1 Å². The van der Waals surface area contributed by atoms with E-state index in [1.54, 1.807) is 43.5 Å². The van der Waals surface area contributed by atoms with E-state index < -0.39 is 66.0 Å². The summed E-state index contributed by atoms with van der Waals surface area (Å²) < 4.78 is 177. The van der Waals surface area contributed by atoms with E-state index in [1.165, 1.54) is 190 Å². The van der Waals surface area contributed by atoms with E-state index >= 15 is 0 Å². The summed E-state index contributed by atoms with van der Waals surface area (Å²) in [7, 11) is -19.8. The molecule has 6 heterocycles. The molecule has 48 heteroatoms. The van der Waals surface area contributed by atoms with Crippen LogP contribution in [-0.2, 0) is 60.1 Å². The quantitative estimate of drug-likeness (QED) is 0.0417. The summed E-state index contributed by atoms with van der Waals surface area (Å²) in [5.41, 5.74) is 30.0. The third-order valence-corrected chi connectivity index (χ3v) is 21.2. The molecule has 0 aliphatic carbocycles. The number of sulfonamides is 6. The van der Waals surface area contributed by atoms with Crippen LogP contribution in [-0.4, -0.2) is 106 Å². The second-order valence-corrected chi connectivity index (χ2v) is 30.8. The molecule has 11 aromatic rings. The summed E-state index contributed by atoms with van der Waals surface area (Å²) >= 11 is 2.29. The Kier molecular flexibility index (Phi) is 42.0. The van der Waals surface area contributed by atoms with E-state index in [0.717, 1.165) is 11.3 Å². The van der Waals surface area contributed by atoms with Crippen molar-refractivity contribution in [2.45, 2.75) is 43.2 Å². The summed E-state index contributed by atoms with van der Waals surface area (Å²) in [5.74, 6) is 0.0640. The Hall–Kier alpha value is -5.28. The Morgan fingerprint density at radius 3 is 1.22 bits per heavy atom. The average molecular weight is 1650 g/mol. The van der Waals surface area contributed by atoms with Crippen molar-refractivity contribution in [2.75, 3.05) is 42.9 Å². The first-order valence-corrected chi connectivity index (χ1v) is 37.8. The topological polar surface area (TPSA) is 558 Å². The number of benzene rings is 6. The van der Waals surface area contributed by atoms with E-state index in [2.05, 4.69) is 63.6 Å². The zero-order chi connectivity index (χ0) is 73.1. The fourth-order valence-corrected chi connectivity index (χ4v) is 14.4. The fourth-order valence-electron chi connectivity index (χ4n) is 7.14. The van der Waals surface area contributed by atoms with E-state index in [4.69, 9.17) is 42.7 Å². The number of aromatic nitrogens is 7. The maximum absolute atomic E-state index is 12.2. The summed E-state index contributed by atoms with van der Waals surface area (Å²) in [6.45, 7) is 3.38. The number of nitrogens with zero attached hydrogens (tertiary/aromatic N) is 13. The van der Waals surface area contributed by atoms with Crippen LogP contribution in [0, 0.1) is 13.8 Å². The minimum Gasteiger partial charge on any atom is -0.537 e. The average Bonchev–Trinajstić information content (AvgIpc) is 1.62. The zero-order valence-corrected chi connectivity index (χ0v) is 76.5. The van der Waals surface area contributed by atoms with Crippen LogP contribution >= 0.6 is 22.7 Å². The van der Waals surface area contributed by atoms with Gasteiger partial charge >= 0.3 is 177 Å². The van der Waals surface area contributed by atoms with Gasteiger partial charge in [-0.1, -0.05) is 48.8 Å². The minimum atomic E-state index is -3.91. The second kappa shape index (κ2) is 45.1. The molecule has 106 heavy (non-hydrogen) atoms. The first-order valence-electron chi connectivity index (χ1n) is 27.5. The molecule has 12 rings (SSSR count). The van der Waals surface area contributed by atoms with Gasteiger partial charge < -0.3 is 95.8 Å². The standard InChI is InChI=1S/C12H13N4O4S.C11H10N3O2S.C10H10N3O3S.C9H9N4O2S2.C9H8N3O2S2.C7H5NO3S.6Na/c1-19-11-7-10(14-12(15-11)20-2)16-21(17,18)9-5-3-8(13)4-6-9;12-9-4-6-10(7-5-9)17(15,16)14-11-3-1-2-8-13-11;1-7-6-10(12-16-7)13-17(14,15)9-4-2-8(11)3-5-9;1-6-11-12-9(16-6)13-17(14,15)8-4-2-7(10)3-5-8;10-7-1-3-8(4-2-7)16(13,14)12-9-11-5-6-15-9;9-7-5-3-1-2-4-6(5)12(10,11)8-7;;;;;;/h3-7H,13H2,1-2H3;1-8H,12H2;2-6H,11H2,1H3;2-5H,10H2,1H3;1-6H,10H2;1-4H,(H,8,9);;;;;;/q5*-1;;6*+1/p-1. The van der Waals surface area contributed by atoms with Crippen molar-refractivity contribution in [1.82, 2.24) is 35.3 Å². The van der Waals surface area contributed by atoms with Crippen molar-refractivity contribution in [3.05, 3.63) is 238 Å². The third kappa shape index (κ3) is 30.9. The largest absolute Gasteiger partial charge is 1.00 e. The molecule has 0 fully saturated rings. The summed E-state index contributed by atoms with van der Waals surface area (Å²) in [6.07, 6.45) is 2.99. The molecule has 1 aliphatic rings. The molecule has 10 N–H and O–H groups in total. The van der Waals surface area contributed by atoms with E-state index in [-0.39, 0.29) is 252 Å². The zero-order valence-electron chi connectivity index (χ0n) is 58.0. The predicted molar refractivity (Wildman–Crippen MR) is 374 cm³/mol. The van der Waals surface area contributed by atoms with Crippen LogP contribution in [0.4, 0.5) is 56.2 Å². The first kappa shape index (κ1) is 98.7. The molecule has 1 aliphatic heterocycles. The number of hydrogen-bond donors (Lipinski definition) is 5. The van der Waals surface area contributed by atoms with Gasteiger partial charge in [0.15, 0.2) is 0 Å². The van der Waals surface area contributed by atoms with Gasteiger partial charge in [-0.05, 0) is 170 Å². The summed E-state index contributed by atoms with van der Waals surface area (Å²) in [4.78, 5) is 26.6. The van der Waals surface area contributed by atoms with Crippen LogP contribution in [0.15, 0.2) is 228 Å². The number of pyridine rings is 1. The van der Waals surface area contributed by atoms with Crippen molar-refractivity contribution in [3.8, 4) is 11.9 Å². The van der Waals surface area contributed by atoms with E-state index in [0.29, 0.717) is 39.2 Å². The molecule has 0 saturated heterocycles. The SMILES string of the molecule is COc1cc([N-]S(=O)(=O)c2ccc(N)cc2)nc(OC)n1.Cc1cc([N-]S(=O)(=O)c2ccc(N)cc2)no1.Cc1nnc([N-]S(=O)(=O)c2ccc(N)cc2)s1.Nc1ccc(S(=O)(=O)[N-]c2ccccn2)cc1.Nc1ccc(S(=O)(=O)[N-]c2nccs2)cc1.O=C1[N-]S(=O)(=O)c2ccccc21.[Na+].[Na+].[Na+].[Na+].[Na+].[Na+]. The normalized spacial score (nSPS) is 11.4. The molecule has 0 unspecified atom stereocenters. The Balaban J connectivity index is 0.000000632. The number of carbonyl (C=O) groups is 1. The van der Waals surface area contributed by atoms with Gasteiger partial charge in [-0.3, -0.25) is 10.3 Å². The molecule has 34 nitrogen and oxygen atoms in total. The molecule has 0 saturated carbocycles. The number of aryl methyl sites for hydroxylation is 2. The number of anilines is 5. The van der Waals surface area contributed by atoms with Crippen molar-refractivity contribution in [2.24, 2.45) is 0 Å². The van der Waals surface area contributed by atoms with Gasteiger partial charge in [0, 0.05) is 50.3 Å². The van der Waals surface area contributed by atoms with Gasteiger partial charge in [0.2, 0.25) is 62.0 Å². The number of ether oxygens (including phenoxy) is 2. The van der Waals surface area contributed by atoms with Crippen molar-refractivity contribution >= 4 is 145 Å². The van der Waals surface area contributed by atoms with Gasteiger partial charge in [-0.25, -0.2) is 50.5 Å². The number of nitrogens with two attached hydrogens (primary N) is 5. The number of methoxy groups -OCH3 is 2. The maximum atomic E-state index is 12.2. The maximum Gasteiger partial charge on any atom is 1.00 e. The number of hydrogen-bond acceptors (Lipinski definition) is 30. The fraction of sp³-hybridized carbons (Fsp3) is 0.0690. The van der Waals surface area contributed by atoms with Crippen molar-refractivity contribution in [1.29, 1.82) is 0 Å². The molecule has 5 aromatic heterocycles.